The Morgan fingerprint density at radius 3 is 2.69 bits per heavy atom. The molecule has 0 bridgehead atoms. The van der Waals surface area contributed by atoms with Gasteiger partial charge in [0.05, 0.1) is 17.6 Å². The average Bonchev–Trinajstić information content (AvgIpc) is 2.09. The van der Waals surface area contributed by atoms with Crippen LogP contribution in [0.1, 0.15) is 33.6 Å². The molecular weight excluding hydrogens is 162 g/mol. The van der Waals surface area contributed by atoms with Crippen LogP contribution in [0, 0.1) is 22.7 Å². The van der Waals surface area contributed by atoms with E-state index in [1.807, 2.05) is 6.92 Å². The third kappa shape index (κ3) is 1.92. The average molecular weight is 179 g/mol. The number of aliphatic hydroxyl groups excluding tert-OH is 1. The molecule has 1 aliphatic carbocycles. The minimum Gasteiger partial charge on any atom is -0.391 e. The smallest absolute Gasteiger partial charge is 0.0841 e. The molecule has 72 valence electrons. The third-order valence-corrected chi connectivity index (χ3v) is 2.95. The first-order valence-corrected chi connectivity index (χ1v) is 4.78. The Morgan fingerprint density at radius 1 is 1.69 bits per heavy atom. The first-order valence-electron chi connectivity index (χ1n) is 4.78. The van der Waals surface area contributed by atoms with Gasteiger partial charge in [0.1, 0.15) is 0 Å². The molecule has 2 atom stereocenters. The lowest BCUT2D eigenvalue weighted by atomic mass is 9.73. The zero-order valence-electron chi connectivity index (χ0n) is 8.54. The molecule has 0 fully saturated rings. The van der Waals surface area contributed by atoms with E-state index in [1.165, 1.54) is 5.57 Å². The molecule has 2 unspecified atom stereocenters. The highest BCUT2D eigenvalue weighted by Crippen LogP contribution is 2.36. The fraction of sp³-hybridized carbons (Fsp3) is 0.727. The molecule has 0 saturated heterocycles. The maximum absolute atomic E-state index is 9.78. The van der Waals surface area contributed by atoms with Crippen LogP contribution in [0.15, 0.2) is 11.6 Å². The summed E-state index contributed by atoms with van der Waals surface area (Å²) in [6.45, 7) is 6.06. The Labute approximate surface area is 79.9 Å². The summed E-state index contributed by atoms with van der Waals surface area (Å²) >= 11 is 0. The number of hydrogen-bond acceptors (Lipinski definition) is 2. The van der Waals surface area contributed by atoms with Gasteiger partial charge in [-0.1, -0.05) is 25.5 Å². The molecule has 0 amide bonds. The van der Waals surface area contributed by atoms with E-state index < -0.39 is 11.5 Å². The van der Waals surface area contributed by atoms with E-state index in [1.54, 1.807) is 0 Å². The topological polar surface area (TPSA) is 44.0 Å². The Morgan fingerprint density at radius 2 is 2.31 bits per heavy atom. The molecule has 0 saturated carbocycles. The first kappa shape index (κ1) is 10.3. The van der Waals surface area contributed by atoms with Gasteiger partial charge in [0, 0.05) is 0 Å². The Balaban J connectivity index is 2.82. The molecule has 13 heavy (non-hydrogen) atoms. The number of rotatable bonds is 1. The summed E-state index contributed by atoms with van der Waals surface area (Å²) in [6.07, 6.45) is 2.94. The summed E-state index contributed by atoms with van der Waals surface area (Å²) in [4.78, 5) is 0. The van der Waals surface area contributed by atoms with Gasteiger partial charge in [-0.3, -0.25) is 0 Å². The van der Waals surface area contributed by atoms with Crippen LogP contribution in [0.2, 0.25) is 0 Å². The fourth-order valence-corrected chi connectivity index (χ4v) is 1.60. The lowest BCUT2D eigenvalue weighted by Gasteiger charge is -2.32. The molecule has 2 nitrogen and oxygen atoms in total. The van der Waals surface area contributed by atoms with Crippen LogP contribution < -0.4 is 0 Å². The van der Waals surface area contributed by atoms with Crippen molar-refractivity contribution in [2.75, 3.05) is 0 Å². The molecule has 2 heteroatoms. The predicted octanol–water partition coefficient (Wildman–Crippen LogP) is 2.25. The van der Waals surface area contributed by atoms with Crippen molar-refractivity contribution in [3.8, 4) is 6.07 Å². The molecule has 0 aliphatic heterocycles. The van der Waals surface area contributed by atoms with Crippen molar-refractivity contribution in [1.29, 1.82) is 5.26 Å². The quantitative estimate of drug-likeness (QED) is 0.627. The number of hydrogen-bond donors (Lipinski definition) is 1. The fourth-order valence-electron chi connectivity index (χ4n) is 1.60. The predicted molar refractivity (Wildman–Crippen MR) is 51.9 cm³/mol. The maximum Gasteiger partial charge on any atom is 0.0841 e. The van der Waals surface area contributed by atoms with Crippen LogP contribution >= 0.6 is 0 Å². The molecule has 1 N–H and O–H groups in total. The largest absolute Gasteiger partial charge is 0.391 e. The van der Waals surface area contributed by atoms with Crippen LogP contribution in [0.5, 0.6) is 0 Å². The molecule has 0 aromatic heterocycles. The second-order valence-corrected chi connectivity index (χ2v) is 4.39. The van der Waals surface area contributed by atoms with Crippen molar-refractivity contribution >= 4 is 0 Å². The van der Waals surface area contributed by atoms with Gasteiger partial charge >= 0.3 is 0 Å². The second kappa shape index (κ2) is 3.51. The summed E-state index contributed by atoms with van der Waals surface area (Å²) in [7, 11) is 0. The van der Waals surface area contributed by atoms with Gasteiger partial charge in [-0.15, -0.1) is 0 Å². The van der Waals surface area contributed by atoms with Crippen molar-refractivity contribution in [2.24, 2.45) is 11.3 Å². The highest BCUT2D eigenvalue weighted by Gasteiger charge is 2.36. The summed E-state index contributed by atoms with van der Waals surface area (Å²) in [5.41, 5.74) is 0.707. The first-order chi connectivity index (χ1) is 5.99. The van der Waals surface area contributed by atoms with Gasteiger partial charge in [-0.05, 0) is 25.7 Å². The second-order valence-electron chi connectivity index (χ2n) is 4.39. The minimum atomic E-state index is -0.571. The van der Waals surface area contributed by atoms with Gasteiger partial charge in [-0.2, -0.15) is 5.26 Å². The molecule has 1 rings (SSSR count). The minimum absolute atomic E-state index is 0.484. The van der Waals surface area contributed by atoms with Crippen molar-refractivity contribution in [3.63, 3.8) is 0 Å². The molecule has 0 radical (unpaired) electrons. The summed E-state index contributed by atoms with van der Waals surface area (Å²) < 4.78 is 0. The van der Waals surface area contributed by atoms with E-state index in [9.17, 15) is 5.11 Å². The SMILES string of the molecule is CC(C)C1=CCC(C)(C#N)C(O)C1. The Bertz CT molecular complexity index is 262. The zero-order valence-corrected chi connectivity index (χ0v) is 8.54. The third-order valence-electron chi connectivity index (χ3n) is 2.95. The molecular formula is C11H17NO. The van der Waals surface area contributed by atoms with Gasteiger partial charge in [0.2, 0.25) is 0 Å². The van der Waals surface area contributed by atoms with Crippen molar-refractivity contribution in [2.45, 2.75) is 39.7 Å². The van der Waals surface area contributed by atoms with E-state index in [2.05, 4.69) is 26.0 Å². The van der Waals surface area contributed by atoms with Crippen LogP contribution in [0.4, 0.5) is 0 Å². The lowest BCUT2D eigenvalue weighted by molar-refractivity contribution is 0.0679. The van der Waals surface area contributed by atoms with Crippen LogP contribution in [0.25, 0.3) is 0 Å². The van der Waals surface area contributed by atoms with Gasteiger partial charge in [0.15, 0.2) is 0 Å². The molecule has 0 heterocycles. The standard InChI is InChI=1S/C11H17NO/c1-8(2)9-4-5-11(3,7-12)10(13)6-9/h4,8,10,13H,5-6H2,1-3H3. The van der Waals surface area contributed by atoms with Crippen molar-refractivity contribution < 1.29 is 5.11 Å². The highest BCUT2D eigenvalue weighted by molar-refractivity contribution is 5.18. The molecule has 1 aliphatic rings. The molecule has 0 spiro atoms. The zero-order chi connectivity index (χ0) is 10.1. The van der Waals surface area contributed by atoms with E-state index >= 15 is 0 Å². The van der Waals surface area contributed by atoms with Crippen LogP contribution in [-0.2, 0) is 0 Å². The van der Waals surface area contributed by atoms with Crippen molar-refractivity contribution in [1.82, 2.24) is 0 Å². The number of nitrogens with zero attached hydrogens (tertiary/aromatic N) is 1. The monoisotopic (exact) mass is 179 g/mol. The molecule has 0 aromatic rings. The lowest BCUT2D eigenvalue weighted by Crippen LogP contribution is -2.34. The van der Waals surface area contributed by atoms with Crippen molar-refractivity contribution in [3.05, 3.63) is 11.6 Å². The van der Waals surface area contributed by atoms with Crippen LogP contribution in [-0.4, -0.2) is 11.2 Å². The van der Waals surface area contributed by atoms with E-state index in [-0.39, 0.29) is 0 Å². The normalized spacial score (nSPS) is 34.2. The van der Waals surface area contributed by atoms with Crippen LogP contribution in [0.3, 0.4) is 0 Å². The Hall–Kier alpha value is -0.810. The van der Waals surface area contributed by atoms with Gasteiger partial charge in [0.25, 0.3) is 0 Å². The van der Waals surface area contributed by atoms with Gasteiger partial charge in [-0.25, -0.2) is 0 Å². The maximum atomic E-state index is 9.78. The summed E-state index contributed by atoms with van der Waals surface area (Å²) in [5.74, 6) is 0.484. The van der Waals surface area contributed by atoms with Gasteiger partial charge < -0.3 is 5.11 Å². The number of aliphatic hydroxyl groups is 1. The Kier molecular flexibility index (Phi) is 2.77. The number of nitriles is 1. The molecule has 0 aromatic carbocycles. The van der Waals surface area contributed by atoms with E-state index in [0.29, 0.717) is 18.8 Å². The summed E-state index contributed by atoms with van der Waals surface area (Å²) in [5, 5.41) is 18.7. The van der Waals surface area contributed by atoms with E-state index in [0.717, 1.165) is 0 Å². The highest BCUT2D eigenvalue weighted by atomic mass is 16.3. The number of allylic oxidation sites excluding steroid dienone is 1. The van der Waals surface area contributed by atoms with E-state index in [4.69, 9.17) is 5.26 Å². The summed E-state index contributed by atoms with van der Waals surface area (Å²) in [6, 6.07) is 2.19.